The lowest BCUT2D eigenvalue weighted by Crippen LogP contribution is -2.17. The number of carboxylic acids is 1. The third-order valence-electron chi connectivity index (χ3n) is 3.32. The first-order chi connectivity index (χ1) is 10.1. The Morgan fingerprint density at radius 3 is 2.62 bits per heavy atom. The maximum Gasteiger partial charge on any atom is 0.335 e. The Morgan fingerprint density at radius 1 is 1.24 bits per heavy atom. The second kappa shape index (κ2) is 6.88. The number of halogens is 1. The second-order valence-corrected chi connectivity index (χ2v) is 5.07. The van der Waals surface area contributed by atoms with E-state index in [0.29, 0.717) is 0 Å². The van der Waals surface area contributed by atoms with E-state index in [1.807, 2.05) is 25.1 Å². The predicted octanol–water partition coefficient (Wildman–Crippen LogP) is 3.96. The van der Waals surface area contributed by atoms with Crippen LogP contribution in [0.4, 0.5) is 10.1 Å². The normalized spacial score (nSPS) is 11.9. The lowest BCUT2D eigenvalue weighted by atomic mass is 10.1. The van der Waals surface area contributed by atoms with E-state index in [9.17, 15) is 9.18 Å². The van der Waals surface area contributed by atoms with E-state index >= 15 is 0 Å². The molecule has 0 amide bonds. The quantitative estimate of drug-likeness (QED) is 0.845. The van der Waals surface area contributed by atoms with Crippen LogP contribution in [-0.4, -0.2) is 17.1 Å². The molecular formula is C17H18FNO2. The number of hydrogen-bond acceptors (Lipinski definition) is 2. The molecule has 0 fully saturated rings. The van der Waals surface area contributed by atoms with Crippen LogP contribution in [0.3, 0.4) is 0 Å². The van der Waals surface area contributed by atoms with Gasteiger partial charge in [0.2, 0.25) is 0 Å². The van der Waals surface area contributed by atoms with Crippen molar-refractivity contribution in [3.05, 3.63) is 65.5 Å². The van der Waals surface area contributed by atoms with E-state index in [-0.39, 0.29) is 17.3 Å². The van der Waals surface area contributed by atoms with E-state index in [1.165, 1.54) is 23.8 Å². The zero-order valence-corrected chi connectivity index (χ0v) is 11.8. The SMILES string of the molecule is CC(CCc1ccccc1)Nc1cc(C(=O)O)ccc1F. The summed E-state index contributed by atoms with van der Waals surface area (Å²) in [6.45, 7) is 1.95. The van der Waals surface area contributed by atoms with Crippen molar-refractivity contribution in [2.75, 3.05) is 5.32 Å². The fraction of sp³-hybridized carbons (Fsp3) is 0.235. The second-order valence-electron chi connectivity index (χ2n) is 5.07. The highest BCUT2D eigenvalue weighted by molar-refractivity contribution is 5.88. The van der Waals surface area contributed by atoms with Crippen LogP contribution in [0, 0.1) is 5.82 Å². The minimum Gasteiger partial charge on any atom is -0.478 e. The highest BCUT2D eigenvalue weighted by Gasteiger charge is 2.10. The van der Waals surface area contributed by atoms with E-state index in [4.69, 9.17) is 5.11 Å². The minimum atomic E-state index is -1.06. The summed E-state index contributed by atoms with van der Waals surface area (Å²) in [6.07, 6.45) is 1.72. The fourth-order valence-electron chi connectivity index (χ4n) is 2.13. The van der Waals surface area contributed by atoms with E-state index in [0.717, 1.165) is 12.8 Å². The number of rotatable bonds is 6. The van der Waals surface area contributed by atoms with E-state index in [1.54, 1.807) is 0 Å². The van der Waals surface area contributed by atoms with E-state index < -0.39 is 11.8 Å². The van der Waals surface area contributed by atoms with Gasteiger partial charge in [-0.3, -0.25) is 0 Å². The maximum absolute atomic E-state index is 13.7. The van der Waals surface area contributed by atoms with Crippen molar-refractivity contribution in [1.29, 1.82) is 0 Å². The molecule has 0 saturated carbocycles. The largest absolute Gasteiger partial charge is 0.478 e. The van der Waals surface area contributed by atoms with Crippen LogP contribution in [-0.2, 0) is 6.42 Å². The Bertz CT molecular complexity index is 613. The molecule has 4 heteroatoms. The molecule has 0 radical (unpaired) electrons. The van der Waals surface area contributed by atoms with Crippen LogP contribution in [0.1, 0.15) is 29.3 Å². The first-order valence-electron chi connectivity index (χ1n) is 6.89. The molecule has 0 heterocycles. The van der Waals surface area contributed by atoms with Gasteiger partial charge in [-0.1, -0.05) is 30.3 Å². The lowest BCUT2D eigenvalue weighted by molar-refractivity contribution is 0.0697. The van der Waals surface area contributed by atoms with Crippen molar-refractivity contribution < 1.29 is 14.3 Å². The van der Waals surface area contributed by atoms with Gasteiger partial charge in [-0.05, 0) is 43.5 Å². The number of aromatic carboxylic acids is 1. The molecule has 2 N–H and O–H groups in total. The van der Waals surface area contributed by atoms with Gasteiger partial charge in [0.15, 0.2) is 0 Å². The summed E-state index contributed by atoms with van der Waals surface area (Å²) in [5.41, 5.74) is 1.54. The molecule has 2 rings (SSSR count). The third kappa shape index (κ3) is 4.31. The zero-order chi connectivity index (χ0) is 15.2. The Kier molecular flexibility index (Phi) is 4.93. The lowest BCUT2D eigenvalue weighted by Gasteiger charge is -2.16. The average Bonchev–Trinajstić information content (AvgIpc) is 2.48. The van der Waals surface area contributed by atoms with Crippen molar-refractivity contribution in [3.8, 4) is 0 Å². The zero-order valence-electron chi connectivity index (χ0n) is 11.8. The highest BCUT2D eigenvalue weighted by Crippen LogP contribution is 2.18. The molecular weight excluding hydrogens is 269 g/mol. The third-order valence-corrected chi connectivity index (χ3v) is 3.32. The van der Waals surface area contributed by atoms with Gasteiger partial charge in [-0.15, -0.1) is 0 Å². The van der Waals surface area contributed by atoms with Crippen molar-refractivity contribution >= 4 is 11.7 Å². The molecule has 1 atom stereocenters. The Morgan fingerprint density at radius 2 is 1.95 bits per heavy atom. The standard InChI is InChI=1S/C17H18FNO2/c1-12(7-8-13-5-3-2-4-6-13)19-16-11-14(17(20)21)9-10-15(16)18/h2-6,9-12,19H,7-8H2,1H3,(H,20,21). The van der Waals surface area contributed by atoms with E-state index in [2.05, 4.69) is 17.4 Å². The molecule has 110 valence electrons. The Balaban J connectivity index is 1.97. The molecule has 0 aromatic heterocycles. The first-order valence-corrected chi connectivity index (χ1v) is 6.89. The number of nitrogens with one attached hydrogen (secondary N) is 1. The number of hydrogen-bond donors (Lipinski definition) is 2. The topological polar surface area (TPSA) is 49.3 Å². The summed E-state index contributed by atoms with van der Waals surface area (Å²) >= 11 is 0. The van der Waals surface area contributed by atoms with Crippen LogP contribution >= 0.6 is 0 Å². The number of carbonyl (C=O) groups is 1. The van der Waals surface area contributed by atoms with Crippen molar-refractivity contribution in [1.82, 2.24) is 0 Å². The number of aryl methyl sites for hydroxylation is 1. The van der Waals surface area contributed by atoms with Gasteiger partial charge in [0.1, 0.15) is 5.82 Å². The average molecular weight is 287 g/mol. The highest BCUT2D eigenvalue weighted by atomic mass is 19.1. The van der Waals surface area contributed by atoms with Gasteiger partial charge in [0, 0.05) is 6.04 Å². The number of anilines is 1. The summed E-state index contributed by atoms with van der Waals surface area (Å²) in [5.74, 6) is -1.50. The van der Waals surface area contributed by atoms with Gasteiger partial charge in [0.25, 0.3) is 0 Å². The van der Waals surface area contributed by atoms with Crippen LogP contribution in [0.5, 0.6) is 0 Å². The maximum atomic E-state index is 13.7. The van der Waals surface area contributed by atoms with Gasteiger partial charge in [-0.25, -0.2) is 9.18 Å². The Labute approximate surface area is 123 Å². The summed E-state index contributed by atoms with van der Waals surface area (Å²) in [7, 11) is 0. The number of benzene rings is 2. The summed E-state index contributed by atoms with van der Waals surface area (Å²) < 4.78 is 13.7. The smallest absolute Gasteiger partial charge is 0.335 e. The fourth-order valence-corrected chi connectivity index (χ4v) is 2.13. The van der Waals surface area contributed by atoms with Crippen LogP contribution in [0.25, 0.3) is 0 Å². The summed E-state index contributed by atoms with van der Waals surface area (Å²) in [5, 5.41) is 12.0. The minimum absolute atomic E-state index is 0.0451. The molecule has 3 nitrogen and oxygen atoms in total. The molecule has 0 saturated heterocycles. The molecule has 0 spiro atoms. The van der Waals surface area contributed by atoms with Crippen LogP contribution < -0.4 is 5.32 Å². The summed E-state index contributed by atoms with van der Waals surface area (Å²) in [6, 6.07) is 13.9. The van der Waals surface area contributed by atoms with Crippen molar-refractivity contribution in [3.63, 3.8) is 0 Å². The number of carboxylic acid groups (broad SMARTS) is 1. The van der Waals surface area contributed by atoms with Crippen LogP contribution in [0.2, 0.25) is 0 Å². The van der Waals surface area contributed by atoms with Gasteiger partial charge < -0.3 is 10.4 Å². The monoisotopic (exact) mass is 287 g/mol. The molecule has 1 unspecified atom stereocenters. The molecule has 2 aromatic carbocycles. The first kappa shape index (κ1) is 15.0. The van der Waals surface area contributed by atoms with Crippen molar-refractivity contribution in [2.45, 2.75) is 25.8 Å². The molecule has 0 bridgehead atoms. The Hall–Kier alpha value is -2.36. The van der Waals surface area contributed by atoms with Crippen LogP contribution in [0.15, 0.2) is 48.5 Å². The molecule has 0 aliphatic carbocycles. The summed E-state index contributed by atoms with van der Waals surface area (Å²) in [4.78, 5) is 10.9. The van der Waals surface area contributed by atoms with Gasteiger partial charge in [0.05, 0.1) is 11.3 Å². The van der Waals surface area contributed by atoms with Crippen molar-refractivity contribution in [2.24, 2.45) is 0 Å². The molecule has 0 aliphatic heterocycles. The molecule has 21 heavy (non-hydrogen) atoms. The molecule has 0 aliphatic rings. The van der Waals surface area contributed by atoms with Gasteiger partial charge in [-0.2, -0.15) is 0 Å². The van der Waals surface area contributed by atoms with Gasteiger partial charge >= 0.3 is 5.97 Å². The predicted molar refractivity (Wildman–Crippen MR) is 81.2 cm³/mol. The molecule has 2 aromatic rings.